The van der Waals surface area contributed by atoms with Gasteiger partial charge >= 0.3 is 6.03 Å². The lowest BCUT2D eigenvalue weighted by molar-refractivity contribution is 0.262. The number of hydrogen-bond acceptors (Lipinski definition) is 3. The lowest BCUT2D eigenvalue weighted by atomic mass is 10.3. The van der Waals surface area contributed by atoms with Gasteiger partial charge in [-0.05, 0) is 36.8 Å². The van der Waals surface area contributed by atoms with Gasteiger partial charge in [0.1, 0.15) is 5.82 Å². The zero-order chi connectivity index (χ0) is 13.0. The summed E-state index contributed by atoms with van der Waals surface area (Å²) >= 11 is 4.26. The molecule has 0 radical (unpaired) electrons. The Morgan fingerprint density at radius 3 is 2.72 bits per heavy atom. The maximum Gasteiger partial charge on any atom is 0.324 e. The van der Waals surface area contributed by atoms with Crippen molar-refractivity contribution in [1.82, 2.24) is 4.98 Å². The van der Waals surface area contributed by atoms with E-state index in [9.17, 15) is 4.79 Å². The Morgan fingerprint density at radius 2 is 2.00 bits per heavy atom. The normalized spacial score (nSPS) is 9.89. The van der Waals surface area contributed by atoms with Crippen LogP contribution in [0, 0.1) is 6.92 Å². The van der Waals surface area contributed by atoms with E-state index < -0.39 is 0 Å². The number of carbonyl (C=O) groups is 1. The van der Waals surface area contributed by atoms with Gasteiger partial charge in [0.25, 0.3) is 0 Å². The van der Waals surface area contributed by atoms with Gasteiger partial charge in [-0.3, -0.25) is 5.32 Å². The van der Waals surface area contributed by atoms with Crippen LogP contribution in [0.5, 0.6) is 0 Å². The Labute approximate surface area is 111 Å². The van der Waals surface area contributed by atoms with E-state index in [2.05, 4.69) is 28.2 Å². The van der Waals surface area contributed by atoms with Crippen LogP contribution in [0.2, 0.25) is 0 Å². The van der Waals surface area contributed by atoms with Gasteiger partial charge in [-0.25, -0.2) is 9.78 Å². The van der Waals surface area contributed by atoms with Crippen molar-refractivity contribution in [3.05, 3.63) is 48.2 Å². The number of pyridine rings is 1. The quantitative estimate of drug-likeness (QED) is 0.725. The minimum atomic E-state index is -0.338. The van der Waals surface area contributed by atoms with Crippen molar-refractivity contribution in [3.63, 3.8) is 0 Å². The van der Waals surface area contributed by atoms with Crippen LogP contribution in [0.15, 0.2) is 47.5 Å². The molecule has 1 aromatic carbocycles. The molecule has 1 heterocycles. The van der Waals surface area contributed by atoms with Crippen LogP contribution in [0.4, 0.5) is 16.3 Å². The molecule has 2 rings (SSSR count). The molecule has 5 heteroatoms. The molecule has 0 atom stereocenters. The molecule has 4 nitrogen and oxygen atoms in total. The smallest absolute Gasteiger partial charge is 0.307 e. The predicted octanol–water partition coefficient (Wildman–Crippen LogP) is 3.32. The first-order valence-corrected chi connectivity index (χ1v) is 5.88. The standard InChI is InChI=1S/C13H13N3OS/c1-9-6-7-14-12(8-9)16-13(17)15-10-4-2-3-5-11(10)18/h2-8,18H,1H3,(H2,14,15,16,17). The molecule has 2 N–H and O–H groups in total. The molecule has 92 valence electrons. The van der Waals surface area contributed by atoms with Crippen LogP contribution in [0.1, 0.15) is 5.56 Å². The second-order valence-corrected chi connectivity index (χ2v) is 4.30. The van der Waals surface area contributed by atoms with Gasteiger partial charge in [0, 0.05) is 11.1 Å². The molecule has 1 aromatic heterocycles. The lowest BCUT2D eigenvalue weighted by Crippen LogP contribution is -2.20. The summed E-state index contributed by atoms with van der Waals surface area (Å²) in [5, 5.41) is 5.38. The number of nitrogens with zero attached hydrogens (tertiary/aromatic N) is 1. The maximum atomic E-state index is 11.7. The first kappa shape index (κ1) is 12.4. The van der Waals surface area contributed by atoms with E-state index in [0.29, 0.717) is 16.4 Å². The average molecular weight is 259 g/mol. The maximum absolute atomic E-state index is 11.7. The highest BCUT2D eigenvalue weighted by Crippen LogP contribution is 2.18. The number of amides is 2. The Morgan fingerprint density at radius 1 is 1.22 bits per heavy atom. The van der Waals surface area contributed by atoms with Crippen LogP contribution in [-0.2, 0) is 0 Å². The molecular weight excluding hydrogens is 246 g/mol. The lowest BCUT2D eigenvalue weighted by Gasteiger charge is -2.08. The third-order valence-corrected chi connectivity index (χ3v) is 2.70. The van der Waals surface area contributed by atoms with Crippen molar-refractivity contribution in [3.8, 4) is 0 Å². The van der Waals surface area contributed by atoms with E-state index in [0.717, 1.165) is 5.56 Å². The summed E-state index contributed by atoms with van der Waals surface area (Å²) in [6.07, 6.45) is 1.65. The number of rotatable bonds is 2. The number of thiol groups is 1. The van der Waals surface area contributed by atoms with E-state index in [1.807, 2.05) is 31.2 Å². The molecule has 0 bridgehead atoms. The summed E-state index contributed by atoms with van der Waals surface area (Å²) in [5.41, 5.74) is 1.70. The van der Waals surface area contributed by atoms with Crippen molar-refractivity contribution in [2.45, 2.75) is 11.8 Å². The molecule has 18 heavy (non-hydrogen) atoms. The fourth-order valence-corrected chi connectivity index (χ4v) is 1.67. The molecule has 0 aliphatic carbocycles. The van der Waals surface area contributed by atoms with Gasteiger partial charge < -0.3 is 5.32 Å². The summed E-state index contributed by atoms with van der Waals surface area (Å²) in [6, 6.07) is 10.6. The van der Waals surface area contributed by atoms with Crippen molar-refractivity contribution < 1.29 is 4.79 Å². The van der Waals surface area contributed by atoms with Crippen molar-refractivity contribution in [2.75, 3.05) is 10.6 Å². The number of urea groups is 1. The summed E-state index contributed by atoms with van der Waals surface area (Å²) in [7, 11) is 0. The molecular formula is C13H13N3OS. The van der Waals surface area contributed by atoms with Gasteiger partial charge in [0.2, 0.25) is 0 Å². The Hall–Kier alpha value is -2.01. The molecule has 0 spiro atoms. The summed E-state index contributed by atoms with van der Waals surface area (Å²) in [6.45, 7) is 1.94. The van der Waals surface area contributed by atoms with Crippen molar-refractivity contribution in [2.24, 2.45) is 0 Å². The van der Waals surface area contributed by atoms with Crippen LogP contribution >= 0.6 is 12.6 Å². The predicted molar refractivity (Wildman–Crippen MR) is 75.3 cm³/mol. The Kier molecular flexibility index (Phi) is 3.84. The van der Waals surface area contributed by atoms with Gasteiger partial charge in [-0.15, -0.1) is 12.6 Å². The topological polar surface area (TPSA) is 54.0 Å². The molecule has 0 saturated heterocycles. The van der Waals surface area contributed by atoms with Crippen molar-refractivity contribution in [1.29, 1.82) is 0 Å². The third-order valence-electron chi connectivity index (χ3n) is 2.31. The highest BCUT2D eigenvalue weighted by molar-refractivity contribution is 7.80. The third kappa shape index (κ3) is 3.24. The van der Waals surface area contributed by atoms with E-state index in [4.69, 9.17) is 0 Å². The molecule has 0 unspecified atom stereocenters. The minimum absolute atomic E-state index is 0.338. The second-order valence-electron chi connectivity index (χ2n) is 3.81. The van der Waals surface area contributed by atoms with E-state index in [1.165, 1.54) is 0 Å². The number of aryl methyl sites for hydroxylation is 1. The number of carbonyl (C=O) groups excluding carboxylic acids is 1. The van der Waals surface area contributed by atoms with Gasteiger partial charge in [-0.2, -0.15) is 0 Å². The van der Waals surface area contributed by atoms with Crippen molar-refractivity contribution >= 4 is 30.2 Å². The molecule has 2 aromatic rings. The Balaban J connectivity index is 2.03. The summed E-state index contributed by atoms with van der Waals surface area (Å²) in [5.74, 6) is 0.518. The number of aromatic nitrogens is 1. The number of hydrogen-bond donors (Lipinski definition) is 3. The summed E-state index contributed by atoms with van der Waals surface area (Å²) < 4.78 is 0. The highest BCUT2D eigenvalue weighted by Gasteiger charge is 2.05. The Bertz CT molecular complexity index is 572. The molecule has 0 fully saturated rings. The van der Waals surface area contributed by atoms with Gasteiger partial charge in [0.15, 0.2) is 0 Å². The summed E-state index contributed by atoms with van der Waals surface area (Å²) in [4.78, 5) is 16.5. The molecule has 2 amide bonds. The van der Waals surface area contributed by atoms with Gasteiger partial charge in [-0.1, -0.05) is 12.1 Å². The monoisotopic (exact) mass is 259 g/mol. The van der Waals surface area contributed by atoms with Crippen LogP contribution in [0.25, 0.3) is 0 Å². The van der Waals surface area contributed by atoms with Crippen LogP contribution in [0.3, 0.4) is 0 Å². The number of para-hydroxylation sites is 1. The highest BCUT2D eigenvalue weighted by atomic mass is 32.1. The first-order chi connectivity index (χ1) is 8.65. The van der Waals surface area contributed by atoms with E-state index in [1.54, 1.807) is 18.3 Å². The molecule has 0 aliphatic rings. The van der Waals surface area contributed by atoms with E-state index >= 15 is 0 Å². The second kappa shape index (κ2) is 5.55. The number of anilines is 2. The molecule has 0 saturated carbocycles. The SMILES string of the molecule is Cc1ccnc(NC(=O)Nc2ccccc2S)c1. The van der Waals surface area contributed by atoms with Crippen LogP contribution in [-0.4, -0.2) is 11.0 Å². The number of nitrogens with one attached hydrogen (secondary N) is 2. The molecule has 0 aliphatic heterocycles. The van der Waals surface area contributed by atoms with E-state index in [-0.39, 0.29) is 6.03 Å². The number of benzene rings is 1. The largest absolute Gasteiger partial charge is 0.324 e. The zero-order valence-electron chi connectivity index (χ0n) is 9.84. The first-order valence-electron chi connectivity index (χ1n) is 5.44. The van der Waals surface area contributed by atoms with Crippen LogP contribution < -0.4 is 10.6 Å². The minimum Gasteiger partial charge on any atom is -0.307 e. The van der Waals surface area contributed by atoms with Gasteiger partial charge in [0.05, 0.1) is 5.69 Å². The fraction of sp³-hybridized carbons (Fsp3) is 0.0769. The zero-order valence-corrected chi connectivity index (χ0v) is 10.7. The average Bonchev–Trinajstić information content (AvgIpc) is 2.32. The fourth-order valence-electron chi connectivity index (χ4n) is 1.45.